The molecule has 2 N–H and O–H groups in total. The number of aryl methyl sites for hydroxylation is 1. The molecule has 198 valence electrons. The van der Waals surface area contributed by atoms with Gasteiger partial charge < -0.3 is 15.3 Å². The van der Waals surface area contributed by atoms with E-state index in [9.17, 15) is 14.4 Å². The van der Waals surface area contributed by atoms with Crippen molar-refractivity contribution in [3.05, 3.63) is 35.4 Å². The zero-order valence-electron chi connectivity index (χ0n) is 21.8. The van der Waals surface area contributed by atoms with Crippen LogP contribution in [0.5, 0.6) is 0 Å². The van der Waals surface area contributed by atoms with E-state index in [0.29, 0.717) is 31.7 Å². The van der Waals surface area contributed by atoms with Gasteiger partial charge in [-0.3, -0.25) is 19.3 Å². The van der Waals surface area contributed by atoms with E-state index < -0.39 is 11.5 Å². The lowest BCUT2D eigenvalue weighted by Crippen LogP contribution is -2.73. The minimum atomic E-state index is -0.778. The Hall–Kier alpha value is -2.41. The first kappa shape index (κ1) is 26.6. The van der Waals surface area contributed by atoms with E-state index in [-0.39, 0.29) is 24.3 Å². The average Bonchev–Trinajstić information content (AvgIpc) is 2.88. The summed E-state index contributed by atoms with van der Waals surface area (Å²) in [6.07, 6.45) is 10.9. The van der Waals surface area contributed by atoms with E-state index in [4.69, 9.17) is 5.11 Å². The summed E-state index contributed by atoms with van der Waals surface area (Å²) in [5.74, 6) is -0.0345. The van der Waals surface area contributed by atoms with Crippen LogP contribution in [0.25, 0.3) is 0 Å². The molecule has 36 heavy (non-hydrogen) atoms. The molecule has 1 atom stereocenters. The molecule has 3 fully saturated rings. The highest BCUT2D eigenvalue weighted by Crippen LogP contribution is 2.36. The number of piperidine rings is 1. The third kappa shape index (κ3) is 6.28. The Morgan fingerprint density at radius 3 is 2.36 bits per heavy atom. The van der Waals surface area contributed by atoms with Crippen LogP contribution in [0.3, 0.4) is 0 Å². The van der Waals surface area contributed by atoms with Crippen LogP contribution in [0.4, 0.5) is 0 Å². The fourth-order valence-electron chi connectivity index (χ4n) is 6.33. The highest BCUT2D eigenvalue weighted by atomic mass is 16.4. The molecule has 7 nitrogen and oxygen atoms in total. The number of hydrogen-bond donors (Lipinski definition) is 2. The lowest BCUT2D eigenvalue weighted by Gasteiger charge is -2.52. The van der Waals surface area contributed by atoms with Crippen molar-refractivity contribution in [1.82, 2.24) is 15.1 Å². The van der Waals surface area contributed by atoms with Crippen molar-refractivity contribution in [1.29, 1.82) is 0 Å². The predicted octanol–water partition coefficient (Wildman–Crippen LogP) is 4.14. The normalized spacial score (nSPS) is 23.1. The van der Waals surface area contributed by atoms with Crippen molar-refractivity contribution >= 4 is 17.8 Å². The van der Waals surface area contributed by atoms with Gasteiger partial charge in [0.05, 0.1) is 0 Å². The molecule has 0 unspecified atom stereocenters. The Morgan fingerprint density at radius 1 is 1.06 bits per heavy atom. The van der Waals surface area contributed by atoms with Gasteiger partial charge in [0, 0.05) is 32.6 Å². The molecular formula is C29H43N3O4. The van der Waals surface area contributed by atoms with Crippen LogP contribution < -0.4 is 5.32 Å². The van der Waals surface area contributed by atoms with Gasteiger partial charge in [-0.1, -0.05) is 69.7 Å². The number of hydrogen-bond acceptors (Lipinski definition) is 4. The number of rotatable bonds is 10. The van der Waals surface area contributed by atoms with Gasteiger partial charge in [0.1, 0.15) is 11.6 Å². The van der Waals surface area contributed by atoms with Crippen LogP contribution in [0.2, 0.25) is 0 Å². The fourth-order valence-corrected chi connectivity index (χ4v) is 6.33. The first-order valence-electron chi connectivity index (χ1n) is 14.1. The van der Waals surface area contributed by atoms with Gasteiger partial charge in [-0.15, -0.1) is 0 Å². The summed E-state index contributed by atoms with van der Waals surface area (Å²) in [7, 11) is 0. The van der Waals surface area contributed by atoms with Crippen molar-refractivity contribution in [3.8, 4) is 0 Å². The van der Waals surface area contributed by atoms with Gasteiger partial charge in [-0.05, 0) is 49.1 Å². The van der Waals surface area contributed by atoms with Gasteiger partial charge in [-0.2, -0.15) is 0 Å². The second-order valence-electron chi connectivity index (χ2n) is 11.1. The van der Waals surface area contributed by atoms with Gasteiger partial charge in [0.25, 0.3) is 0 Å². The molecular weight excluding hydrogens is 454 g/mol. The minimum Gasteiger partial charge on any atom is -0.481 e. The summed E-state index contributed by atoms with van der Waals surface area (Å²) in [5, 5.41) is 12.1. The van der Waals surface area contributed by atoms with Crippen molar-refractivity contribution in [2.24, 2.45) is 5.92 Å². The first-order valence-corrected chi connectivity index (χ1v) is 14.1. The van der Waals surface area contributed by atoms with E-state index in [1.807, 2.05) is 17.0 Å². The Balaban J connectivity index is 1.38. The third-order valence-corrected chi connectivity index (χ3v) is 8.58. The molecule has 2 aliphatic heterocycles. The van der Waals surface area contributed by atoms with Crippen molar-refractivity contribution in [3.63, 3.8) is 0 Å². The van der Waals surface area contributed by atoms with E-state index in [2.05, 4.69) is 29.3 Å². The Morgan fingerprint density at radius 2 is 1.72 bits per heavy atom. The van der Waals surface area contributed by atoms with Crippen molar-refractivity contribution in [2.45, 2.75) is 102 Å². The number of aliphatic carboxylic acids is 1. The van der Waals surface area contributed by atoms with Gasteiger partial charge in [0.15, 0.2) is 0 Å². The second-order valence-corrected chi connectivity index (χ2v) is 11.1. The van der Waals surface area contributed by atoms with E-state index in [1.165, 1.54) is 37.7 Å². The highest BCUT2D eigenvalue weighted by molar-refractivity contribution is 6.00. The number of benzene rings is 1. The smallest absolute Gasteiger partial charge is 0.303 e. The van der Waals surface area contributed by atoms with Crippen LogP contribution in [0.15, 0.2) is 24.3 Å². The summed E-state index contributed by atoms with van der Waals surface area (Å²) in [6, 6.07) is 7.80. The van der Waals surface area contributed by atoms with Crippen molar-refractivity contribution in [2.75, 3.05) is 19.6 Å². The molecule has 1 aliphatic carbocycles. The van der Waals surface area contributed by atoms with Crippen LogP contribution in [0, 0.1) is 5.92 Å². The van der Waals surface area contributed by atoms with Gasteiger partial charge in [0.2, 0.25) is 11.8 Å². The lowest BCUT2D eigenvalue weighted by molar-refractivity contribution is -0.162. The molecule has 2 heterocycles. The van der Waals surface area contributed by atoms with Crippen LogP contribution in [0.1, 0.15) is 88.7 Å². The zero-order chi connectivity index (χ0) is 25.5. The molecule has 1 saturated carbocycles. The van der Waals surface area contributed by atoms with Crippen LogP contribution in [-0.2, 0) is 27.3 Å². The maximum Gasteiger partial charge on any atom is 0.303 e. The number of carbonyl (C=O) groups excluding carboxylic acids is 2. The molecule has 0 aromatic heterocycles. The van der Waals surface area contributed by atoms with Crippen LogP contribution in [-0.4, -0.2) is 63.9 Å². The number of piperazine rings is 1. The van der Waals surface area contributed by atoms with Crippen LogP contribution >= 0.6 is 0 Å². The van der Waals surface area contributed by atoms with E-state index in [0.717, 1.165) is 44.5 Å². The molecule has 2 amide bonds. The molecule has 1 aromatic carbocycles. The number of carboxylic acids is 1. The number of unbranched alkanes of at least 4 members (excludes halogenated alkanes) is 1. The Kier molecular flexibility index (Phi) is 9.04. The second kappa shape index (κ2) is 12.2. The zero-order valence-corrected chi connectivity index (χ0v) is 21.8. The molecule has 3 aliphatic rings. The maximum absolute atomic E-state index is 13.7. The number of amides is 2. The topological polar surface area (TPSA) is 90.0 Å². The molecule has 4 rings (SSSR count). The molecule has 0 bridgehead atoms. The molecule has 1 aromatic rings. The number of carboxylic acid groups (broad SMARTS) is 1. The quantitative estimate of drug-likeness (QED) is 0.507. The summed E-state index contributed by atoms with van der Waals surface area (Å²) in [5.41, 5.74) is 1.50. The molecule has 2 saturated heterocycles. The third-order valence-electron chi connectivity index (χ3n) is 8.58. The van der Waals surface area contributed by atoms with Gasteiger partial charge in [-0.25, -0.2) is 0 Å². The number of nitrogens with zero attached hydrogens (tertiary/aromatic N) is 2. The summed E-state index contributed by atoms with van der Waals surface area (Å²) < 4.78 is 0. The molecule has 1 spiro atoms. The Labute approximate surface area is 215 Å². The summed E-state index contributed by atoms with van der Waals surface area (Å²) >= 11 is 0. The monoisotopic (exact) mass is 497 g/mol. The highest BCUT2D eigenvalue weighted by Gasteiger charge is 2.53. The average molecular weight is 498 g/mol. The number of carbonyl (C=O) groups is 3. The first-order chi connectivity index (χ1) is 17.4. The largest absolute Gasteiger partial charge is 0.481 e. The summed E-state index contributed by atoms with van der Waals surface area (Å²) in [6.45, 7) is 5.15. The van der Waals surface area contributed by atoms with E-state index in [1.54, 1.807) is 0 Å². The summed E-state index contributed by atoms with van der Waals surface area (Å²) in [4.78, 5) is 42.4. The minimum absolute atomic E-state index is 0.0569. The van der Waals surface area contributed by atoms with Gasteiger partial charge >= 0.3 is 5.97 Å². The number of likely N-dealkylation sites (tertiary alicyclic amines) is 1. The fraction of sp³-hybridized carbons (Fsp3) is 0.690. The van der Waals surface area contributed by atoms with E-state index >= 15 is 0 Å². The maximum atomic E-state index is 13.7. The number of nitrogens with one attached hydrogen (secondary N) is 1. The lowest BCUT2D eigenvalue weighted by atomic mass is 9.79. The molecule has 7 heteroatoms. The standard InChI is InChI=1S/C29H43N3O4/c1-2-3-17-32-27(35)25(20-23-7-5-4-6-8-23)30-28(36)29(32)15-18-31(19-16-29)21-24-11-9-22(10-12-24)13-14-26(33)34/h9-12,23,25H,2-8,13-21H2,1H3,(H,30,36)(H,33,34)/t25-/m0/s1. The SMILES string of the molecule is CCCCN1C(=O)[C@H](CC2CCCCC2)NC(=O)C12CCN(Cc1ccc(CCC(=O)O)cc1)CC2. The predicted molar refractivity (Wildman–Crippen MR) is 139 cm³/mol. The Bertz CT molecular complexity index is 902. The van der Waals surface area contributed by atoms with Crippen molar-refractivity contribution < 1.29 is 19.5 Å². The molecule has 0 radical (unpaired) electrons.